The van der Waals surface area contributed by atoms with Crippen molar-refractivity contribution in [2.75, 3.05) is 6.54 Å². The van der Waals surface area contributed by atoms with Gasteiger partial charge in [-0.25, -0.2) is 0 Å². The van der Waals surface area contributed by atoms with Crippen molar-refractivity contribution in [3.8, 4) is 0 Å². The summed E-state index contributed by atoms with van der Waals surface area (Å²) < 4.78 is 6.22. The molecule has 31 heavy (non-hydrogen) atoms. The van der Waals surface area contributed by atoms with Crippen LogP contribution in [0.15, 0.2) is 66.9 Å². The summed E-state index contributed by atoms with van der Waals surface area (Å²) in [7, 11) is 0. The van der Waals surface area contributed by atoms with Crippen molar-refractivity contribution < 1.29 is 9.53 Å². The van der Waals surface area contributed by atoms with Crippen LogP contribution in [0.2, 0.25) is 0 Å². The number of pyridine rings is 1. The number of nitrogens with zero attached hydrogens (tertiary/aromatic N) is 1. The van der Waals surface area contributed by atoms with Crippen molar-refractivity contribution in [1.82, 2.24) is 10.3 Å². The van der Waals surface area contributed by atoms with E-state index in [-0.39, 0.29) is 24.5 Å². The standard InChI is InChI=1S/C27H32N2O2/c1-3-20-17-25(29-18-21(20)4-2)27(31-26(30)16-19-10-6-5-7-11-19)23-14-15-28-24-13-9-8-12-22(23)24/h5-15,20-21,25,27,29H,3-4,16-18H2,1-2H3/t20-,21-,25+,27-/m0/s1. The molecule has 4 nitrogen and oxygen atoms in total. The Bertz CT molecular complexity index is 999. The van der Waals surface area contributed by atoms with E-state index in [1.807, 2.05) is 60.8 Å². The van der Waals surface area contributed by atoms with E-state index in [2.05, 4.69) is 30.2 Å². The van der Waals surface area contributed by atoms with E-state index in [4.69, 9.17) is 4.74 Å². The van der Waals surface area contributed by atoms with Gasteiger partial charge in [0.15, 0.2) is 0 Å². The Labute approximate surface area is 185 Å². The van der Waals surface area contributed by atoms with Crippen LogP contribution < -0.4 is 5.32 Å². The van der Waals surface area contributed by atoms with Crippen LogP contribution in [-0.4, -0.2) is 23.5 Å². The Hall–Kier alpha value is -2.72. The Morgan fingerprint density at radius 3 is 2.55 bits per heavy atom. The zero-order chi connectivity index (χ0) is 21.6. The number of ether oxygens (including phenoxy) is 1. The van der Waals surface area contributed by atoms with Gasteiger partial charge in [-0.2, -0.15) is 0 Å². The SMILES string of the molecule is CC[C@H]1CN[C@@H]([C@@H](OC(=O)Cc2ccccc2)c2ccnc3ccccc23)C[C@@H]1CC. The van der Waals surface area contributed by atoms with Crippen LogP contribution in [0, 0.1) is 11.8 Å². The lowest BCUT2D eigenvalue weighted by Crippen LogP contribution is -2.47. The van der Waals surface area contributed by atoms with E-state index >= 15 is 0 Å². The third-order valence-corrected chi connectivity index (χ3v) is 6.72. The second kappa shape index (κ2) is 10.1. The van der Waals surface area contributed by atoms with E-state index in [1.54, 1.807) is 0 Å². The van der Waals surface area contributed by atoms with E-state index < -0.39 is 0 Å². The number of para-hydroxylation sites is 1. The van der Waals surface area contributed by atoms with Crippen LogP contribution >= 0.6 is 0 Å². The van der Waals surface area contributed by atoms with Gasteiger partial charge in [-0.15, -0.1) is 0 Å². The fourth-order valence-corrected chi connectivity index (χ4v) is 4.95. The summed E-state index contributed by atoms with van der Waals surface area (Å²) in [4.78, 5) is 17.5. The number of rotatable bonds is 7. The molecule has 2 heterocycles. The number of aromatic nitrogens is 1. The highest BCUT2D eigenvalue weighted by atomic mass is 16.5. The molecule has 3 aromatic rings. The van der Waals surface area contributed by atoms with Crippen molar-refractivity contribution in [3.05, 3.63) is 78.0 Å². The maximum Gasteiger partial charge on any atom is 0.310 e. The third kappa shape index (κ3) is 4.96. The minimum absolute atomic E-state index is 0.0956. The maximum absolute atomic E-state index is 13.0. The normalized spacial score (nSPS) is 22.2. The predicted octanol–water partition coefficient (Wildman–Crippen LogP) is 5.48. The van der Waals surface area contributed by atoms with E-state index in [9.17, 15) is 4.79 Å². The summed E-state index contributed by atoms with van der Waals surface area (Å²) in [5.41, 5.74) is 2.94. The van der Waals surface area contributed by atoms with Crippen LogP contribution in [0.3, 0.4) is 0 Å². The molecule has 4 atom stereocenters. The van der Waals surface area contributed by atoms with Crippen molar-refractivity contribution in [2.45, 2.75) is 51.7 Å². The molecule has 162 valence electrons. The number of esters is 1. The van der Waals surface area contributed by atoms with Gasteiger partial charge in [-0.1, -0.05) is 75.2 Å². The molecule has 1 aliphatic rings. The molecule has 4 heteroatoms. The molecule has 0 spiro atoms. The number of piperidine rings is 1. The van der Waals surface area contributed by atoms with Crippen LogP contribution in [0.1, 0.15) is 50.3 Å². The largest absolute Gasteiger partial charge is 0.456 e. The van der Waals surface area contributed by atoms with Gasteiger partial charge in [0.2, 0.25) is 0 Å². The molecule has 2 aromatic carbocycles. The quantitative estimate of drug-likeness (QED) is 0.519. The zero-order valence-corrected chi connectivity index (χ0v) is 18.5. The first-order valence-corrected chi connectivity index (χ1v) is 11.5. The van der Waals surface area contributed by atoms with Crippen LogP contribution in [-0.2, 0) is 16.0 Å². The monoisotopic (exact) mass is 416 g/mol. The summed E-state index contributed by atoms with van der Waals surface area (Å²) in [5, 5.41) is 4.77. The highest BCUT2D eigenvalue weighted by molar-refractivity contribution is 5.83. The Balaban J connectivity index is 1.64. The molecular weight excluding hydrogens is 384 g/mol. The van der Waals surface area contributed by atoms with Crippen molar-refractivity contribution in [1.29, 1.82) is 0 Å². The molecule has 1 aliphatic heterocycles. The number of hydrogen-bond acceptors (Lipinski definition) is 4. The fourth-order valence-electron chi connectivity index (χ4n) is 4.95. The van der Waals surface area contributed by atoms with Gasteiger partial charge in [-0.3, -0.25) is 9.78 Å². The van der Waals surface area contributed by atoms with Gasteiger partial charge in [0.1, 0.15) is 6.10 Å². The van der Waals surface area contributed by atoms with Gasteiger partial charge >= 0.3 is 5.97 Å². The number of nitrogens with one attached hydrogen (secondary N) is 1. The molecule has 0 unspecified atom stereocenters. The van der Waals surface area contributed by atoms with E-state index in [1.165, 1.54) is 6.42 Å². The molecule has 0 amide bonds. The molecule has 0 radical (unpaired) electrons. The van der Waals surface area contributed by atoms with Crippen molar-refractivity contribution >= 4 is 16.9 Å². The van der Waals surface area contributed by atoms with Gasteiger partial charge in [0.25, 0.3) is 0 Å². The molecule has 1 saturated heterocycles. The summed E-state index contributed by atoms with van der Waals surface area (Å²) in [6, 6.07) is 20.0. The minimum Gasteiger partial charge on any atom is -0.456 e. The lowest BCUT2D eigenvalue weighted by atomic mass is 9.77. The highest BCUT2D eigenvalue weighted by Gasteiger charge is 2.35. The first-order chi connectivity index (χ1) is 15.2. The Morgan fingerprint density at radius 1 is 1.03 bits per heavy atom. The molecular formula is C27H32N2O2. The number of hydrogen-bond donors (Lipinski definition) is 1. The summed E-state index contributed by atoms with van der Waals surface area (Å²) in [6.45, 7) is 5.51. The molecule has 0 saturated carbocycles. The van der Waals surface area contributed by atoms with E-state index in [0.29, 0.717) is 11.8 Å². The van der Waals surface area contributed by atoms with Crippen molar-refractivity contribution in [2.24, 2.45) is 11.8 Å². The fraction of sp³-hybridized carbons (Fsp3) is 0.407. The molecule has 1 fully saturated rings. The van der Waals surface area contributed by atoms with Crippen molar-refractivity contribution in [3.63, 3.8) is 0 Å². The molecule has 0 bridgehead atoms. The van der Waals surface area contributed by atoms with Gasteiger partial charge < -0.3 is 10.1 Å². The average molecular weight is 417 g/mol. The highest BCUT2D eigenvalue weighted by Crippen LogP contribution is 2.36. The molecule has 4 rings (SSSR count). The minimum atomic E-state index is -0.337. The first-order valence-electron chi connectivity index (χ1n) is 11.5. The molecule has 1 aromatic heterocycles. The predicted molar refractivity (Wildman–Crippen MR) is 125 cm³/mol. The molecule has 1 N–H and O–H groups in total. The summed E-state index contributed by atoms with van der Waals surface area (Å²) in [5.74, 6) is 1.13. The molecule has 0 aliphatic carbocycles. The zero-order valence-electron chi connectivity index (χ0n) is 18.5. The third-order valence-electron chi connectivity index (χ3n) is 6.72. The smallest absolute Gasteiger partial charge is 0.310 e. The summed E-state index contributed by atoms with van der Waals surface area (Å²) >= 11 is 0. The maximum atomic E-state index is 13.0. The Kier molecular flexibility index (Phi) is 6.98. The lowest BCUT2D eigenvalue weighted by Gasteiger charge is -2.40. The lowest BCUT2D eigenvalue weighted by molar-refractivity contribution is -0.151. The average Bonchev–Trinajstić information content (AvgIpc) is 2.82. The Morgan fingerprint density at radius 2 is 1.77 bits per heavy atom. The van der Waals surface area contributed by atoms with Gasteiger partial charge in [0.05, 0.1) is 11.9 Å². The van der Waals surface area contributed by atoms with Crippen LogP contribution in [0.4, 0.5) is 0 Å². The number of carbonyl (C=O) groups is 1. The number of benzene rings is 2. The van der Waals surface area contributed by atoms with Crippen LogP contribution in [0.5, 0.6) is 0 Å². The first kappa shape index (κ1) is 21.5. The second-order valence-corrected chi connectivity index (χ2v) is 8.58. The summed E-state index contributed by atoms with van der Waals surface area (Å²) in [6.07, 6.45) is 5.10. The number of fused-ring (bicyclic) bond motifs is 1. The second-order valence-electron chi connectivity index (χ2n) is 8.58. The number of carbonyl (C=O) groups excluding carboxylic acids is 1. The van der Waals surface area contributed by atoms with Gasteiger partial charge in [-0.05, 0) is 42.5 Å². The van der Waals surface area contributed by atoms with Crippen LogP contribution in [0.25, 0.3) is 10.9 Å². The topological polar surface area (TPSA) is 51.2 Å². The van der Waals surface area contributed by atoms with E-state index in [0.717, 1.165) is 41.4 Å². The van der Waals surface area contributed by atoms with Gasteiger partial charge in [0, 0.05) is 23.2 Å².